The lowest BCUT2D eigenvalue weighted by atomic mass is 10.2. The average molecular weight is 383 g/mol. The highest BCUT2D eigenvalue weighted by Gasteiger charge is 2.50. The first kappa shape index (κ1) is 17.0. The van der Waals surface area contributed by atoms with Crippen LogP contribution in [0.2, 0.25) is 0 Å². The zero-order valence-electron chi connectivity index (χ0n) is 13.7. The summed E-state index contributed by atoms with van der Waals surface area (Å²) in [5.41, 5.74) is -0.595. The summed E-state index contributed by atoms with van der Waals surface area (Å²) >= 11 is 0. The second-order valence-electron chi connectivity index (χ2n) is 6.54. The Hall–Kier alpha value is -2.46. The van der Waals surface area contributed by atoms with Crippen molar-refractivity contribution in [3.05, 3.63) is 41.7 Å². The van der Waals surface area contributed by atoms with Crippen LogP contribution in [0.5, 0.6) is 5.75 Å². The first-order chi connectivity index (χ1) is 12.2. The molecule has 2 heterocycles. The number of nitrogens with one attached hydrogen (secondary N) is 2. The summed E-state index contributed by atoms with van der Waals surface area (Å²) in [4.78, 5) is 12.5. The van der Waals surface area contributed by atoms with Crippen molar-refractivity contribution >= 4 is 21.6 Å². The van der Waals surface area contributed by atoms with Crippen LogP contribution in [-0.2, 0) is 17.1 Å². The highest BCUT2D eigenvalue weighted by Crippen LogP contribution is 2.42. The van der Waals surface area contributed by atoms with Crippen LogP contribution in [0.3, 0.4) is 0 Å². The second kappa shape index (κ2) is 5.52. The minimum Gasteiger partial charge on any atom is -0.488 e. The fourth-order valence-electron chi connectivity index (χ4n) is 2.91. The number of anilines is 1. The Kier molecular flexibility index (Phi) is 3.60. The van der Waals surface area contributed by atoms with Crippen molar-refractivity contribution in [2.45, 2.75) is 23.3 Å². The molecular formula is C16H15F2N3O4S. The van der Waals surface area contributed by atoms with E-state index in [0.717, 1.165) is 12.1 Å². The summed E-state index contributed by atoms with van der Waals surface area (Å²) in [6.45, 7) is 0.120. The Morgan fingerprint density at radius 2 is 2.04 bits per heavy atom. The van der Waals surface area contributed by atoms with Gasteiger partial charge in [0.2, 0.25) is 10.0 Å². The topological polar surface area (TPSA) is 89.4 Å². The summed E-state index contributed by atoms with van der Waals surface area (Å²) in [5.74, 6) is -2.89. The molecule has 7 nitrogen and oxygen atoms in total. The number of aromatic nitrogens is 1. The molecule has 1 amide bonds. The third-order valence-corrected chi connectivity index (χ3v) is 6.05. The number of ether oxygens (including phenoxy) is 1. The molecule has 1 aliphatic carbocycles. The zero-order chi connectivity index (χ0) is 18.7. The number of hydrogen-bond donors (Lipinski definition) is 2. The molecule has 0 unspecified atom stereocenters. The Labute approximate surface area is 148 Å². The molecule has 1 saturated carbocycles. The Morgan fingerprint density at radius 1 is 1.31 bits per heavy atom. The van der Waals surface area contributed by atoms with E-state index in [1.807, 2.05) is 0 Å². The van der Waals surface area contributed by atoms with Gasteiger partial charge in [-0.2, -0.15) is 0 Å². The summed E-state index contributed by atoms with van der Waals surface area (Å²) in [7, 11) is -2.33. The number of fused-ring (bicyclic) bond motifs is 1. The molecule has 0 saturated heterocycles. The Morgan fingerprint density at radius 3 is 2.69 bits per heavy atom. The summed E-state index contributed by atoms with van der Waals surface area (Å²) in [6, 6.07) is 2.93. The summed E-state index contributed by atoms with van der Waals surface area (Å²) in [6.07, 6.45) is 2.62. The van der Waals surface area contributed by atoms with E-state index in [1.54, 1.807) is 0 Å². The monoisotopic (exact) mass is 383 g/mol. The van der Waals surface area contributed by atoms with Crippen LogP contribution in [0.1, 0.15) is 23.3 Å². The van der Waals surface area contributed by atoms with Crippen LogP contribution < -0.4 is 14.8 Å². The summed E-state index contributed by atoms with van der Waals surface area (Å²) < 4.78 is 61.0. The number of hydrogen-bond acceptors (Lipinski definition) is 4. The number of nitrogens with zero attached hydrogens (tertiary/aromatic N) is 1. The molecule has 1 spiro atoms. The van der Waals surface area contributed by atoms with E-state index >= 15 is 0 Å². The number of aryl methyl sites for hydroxylation is 1. The third-order valence-electron chi connectivity index (χ3n) is 4.48. The number of rotatable bonds is 2. The Balaban J connectivity index is 1.70. The van der Waals surface area contributed by atoms with Gasteiger partial charge in [0, 0.05) is 25.0 Å². The normalized spacial score (nSPS) is 19.3. The van der Waals surface area contributed by atoms with Crippen molar-refractivity contribution in [1.29, 1.82) is 0 Å². The van der Waals surface area contributed by atoms with Crippen LogP contribution in [-0.4, -0.2) is 31.0 Å². The van der Waals surface area contributed by atoms with E-state index in [1.165, 1.54) is 23.9 Å². The minimum absolute atomic E-state index is 0.0205. The first-order valence-corrected chi connectivity index (χ1v) is 9.32. The molecule has 10 heteroatoms. The molecule has 0 atom stereocenters. The van der Waals surface area contributed by atoms with E-state index in [2.05, 4.69) is 10.0 Å². The van der Waals surface area contributed by atoms with Gasteiger partial charge in [-0.05, 0) is 25.0 Å². The second-order valence-corrected chi connectivity index (χ2v) is 8.19. The molecule has 26 heavy (non-hydrogen) atoms. The predicted octanol–water partition coefficient (Wildman–Crippen LogP) is 1.76. The molecule has 1 aromatic heterocycles. The fourth-order valence-corrected chi connectivity index (χ4v) is 4.55. The number of sulfonamides is 1. The van der Waals surface area contributed by atoms with Crippen molar-refractivity contribution in [2.24, 2.45) is 7.05 Å². The molecule has 0 bridgehead atoms. The van der Waals surface area contributed by atoms with Gasteiger partial charge < -0.3 is 14.6 Å². The predicted molar refractivity (Wildman–Crippen MR) is 87.5 cm³/mol. The van der Waals surface area contributed by atoms with Crippen LogP contribution in [0.25, 0.3) is 0 Å². The molecule has 1 aliphatic heterocycles. The average Bonchev–Trinajstić information content (AvgIpc) is 3.23. The molecule has 4 rings (SSSR count). The standard InChI is InChI=1S/C16H15F2N3O4S/c1-21-7-12-14(25-8-16(4-5-16)20-26(12,23)24)13(21)15(22)19-9-2-3-10(17)11(18)6-9/h2-3,6-7,20H,4-5,8H2,1H3,(H,19,22). The molecule has 2 aromatic rings. The van der Waals surface area contributed by atoms with Crippen LogP contribution in [0, 0.1) is 11.6 Å². The quantitative estimate of drug-likeness (QED) is 0.827. The molecular weight excluding hydrogens is 368 g/mol. The van der Waals surface area contributed by atoms with Crippen molar-refractivity contribution in [1.82, 2.24) is 9.29 Å². The molecule has 1 fully saturated rings. The van der Waals surface area contributed by atoms with Crippen molar-refractivity contribution in [2.75, 3.05) is 11.9 Å². The number of halogens is 2. The number of amides is 1. The van der Waals surface area contributed by atoms with E-state index in [-0.39, 0.29) is 28.6 Å². The first-order valence-electron chi connectivity index (χ1n) is 7.83. The highest BCUT2D eigenvalue weighted by atomic mass is 32.2. The van der Waals surface area contributed by atoms with E-state index in [9.17, 15) is 22.0 Å². The molecule has 2 N–H and O–H groups in total. The maximum atomic E-state index is 13.3. The lowest BCUT2D eigenvalue weighted by molar-refractivity contribution is 0.101. The van der Waals surface area contributed by atoms with Crippen LogP contribution in [0.4, 0.5) is 14.5 Å². The maximum absolute atomic E-state index is 13.3. The molecule has 0 radical (unpaired) electrons. The molecule has 1 aromatic carbocycles. The van der Waals surface area contributed by atoms with E-state index in [4.69, 9.17) is 4.74 Å². The van der Waals surface area contributed by atoms with E-state index < -0.39 is 33.1 Å². The van der Waals surface area contributed by atoms with Crippen molar-refractivity contribution in [3.8, 4) is 5.75 Å². The van der Waals surface area contributed by atoms with Gasteiger partial charge in [-0.3, -0.25) is 4.79 Å². The fraction of sp³-hybridized carbons (Fsp3) is 0.312. The van der Waals surface area contributed by atoms with E-state index in [0.29, 0.717) is 12.8 Å². The van der Waals surface area contributed by atoms with Gasteiger partial charge in [-0.25, -0.2) is 21.9 Å². The lowest BCUT2D eigenvalue weighted by Crippen LogP contribution is -2.39. The summed E-state index contributed by atoms with van der Waals surface area (Å²) in [5, 5.41) is 2.43. The highest BCUT2D eigenvalue weighted by molar-refractivity contribution is 7.89. The van der Waals surface area contributed by atoms with Gasteiger partial charge in [-0.15, -0.1) is 0 Å². The maximum Gasteiger partial charge on any atom is 0.276 e. The lowest BCUT2D eigenvalue weighted by Gasteiger charge is -2.13. The van der Waals surface area contributed by atoms with Gasteiger partial charge >= 0.3 is 0 Å². The SMILES string of the molecule is Cn1cc2c(c1C(=O)Nc1ccc(F)c(F)c1)OCC1(CC1)NS2(=O)=O. The zero-order valence-corrected chi connectivity index (χ0v) is 14.5. The largest absolute Gasteiger partial charge is 0.488 e. The smallest absolute Gasteiger partial charge is 0.276 e. The van der Waals surface area contributed by atoms with Crippen LogP contribution >= 0.6 is 0 Å². The van der Waals surface area contributed by atoms with Gasteiger partial charge in [0.25, 0.3) is 5.91 Å². The van der Waals surface area contributed by atoms with Gasteiger partial charge in [0.15, 0.2) is 23.1 Å². The van der Waals surface area contributed by atoms with Gasteiger partial charge in [0.05, 0.1) is 5.54 Å². The van der Waals surface area contributed by atoms with Gasteiger partial charge in [0.1, 0.15) is 11.5 Å². The minimum atomic E-state index is -3.83. The third kappa shape index (κ3) is 2.74. The Bertz CT molecular complexity index is 1030. The van der Waals surface area contributed by atoms with Gasteiger partial charge in [-0.1, -0.05) is 0 Å². The van der Waals surface area contributed by atoms with Crippen molar-refractivity contribution < 1.29 is 26.7 Å². The number of carbonyl (C=O) groups excluding carboxylic acids is 1. The van der Waals surface area contributed by atoms with Crippen LogP contribution in [0.15, 0.2) is 29.3 Å². The molecule has 2 aliphatic rings. The number of carbonyl (C=O) groups is 1. The molecule has 138 valence electrons. The van der Waals surface area contributed by atoms with Crippen molar-refractivity contribution in [3.63, 3.8) is 0 Å². The number of benzene rings is 1.